The molecule has 0 aliphatic carbocycles. The van der Waals surface area contributed by atoms with Crippen LogP contribution in [0.25, 0.3) is 0 Å². The first kappa shape index (κ1) is 11.9. The summed E-state index contributed by atoms with van der Waals surface area (Å²) in [7, 11) is 0. The Morgan fingerprint density at radius 1 is 1.33 bits per heavy atom. The highest BCUT2D eigenvalue weighted by Crippen LogP contribution is 2.16. The molecule has 2 atom stereocenters. The Morgan fingerprint density at radius 3 is 2.17 bits per heavy atom. The highest BCUT2D eigenvalue weighted by atomic mass is 14.9. The summed E-state index contributed by atoms with van der Waals surface area (Å²) < 4.78 is 0. The van der Waals surface area contributed by atoms with Gasteiger partial charge in [0.05, 0.1) is 0 Å². The van der Waals surface area contributed by atoms with E-state index in [0.29, 0.717) is 6.04 Å². The molecule has 0 aromatic rings. The molecule has 3 N–H and O–H groups in total. The minimum atomic E-state index is 0.209. The van der Waals surface area contributed by atoms with Crippen molar-refractivity contribution in [3.05, 3.63) is 0 Å². The zero-order valence-electron chi connectivity index (χ0n) is 9.15. The van der Waals surface area contributed by atoms with Gasteiger partial charge in [0.1, 0.15) is 0 Å². The predicted molar refractivity (Wildman–Crippen MR) is 55.2 cm³/mol. The van der Waals surface area contributed by atoms with E-state index in [1.165, 1.54) is 0 Å². The molecule has 0 radical (unpaired) electrons. The lowest BCUT2D eigenvalue weighted by Crippen LogP contribution is -2.45. The lowest BCUT2D eigenvalue weighted by Gasteiger charge is -2.28. The molecular weight excluding hydrogens is 148 g/mol. The number of rotatable bonds is 4. The van der Waals surface area contributed by atoms with Crippen molar-refractivity contribution in [3.63, 3.8) is 0 Å². The highest BCUT2D eigenvalue weighted by Gasteiger charge is 2.20. The van der Waals surface area contributed by atoms with Crippen molar-refractivity contribution in [1.82, 2.24) is 5.32 Å². The van der Waals surface area contributed by atoms with Gasteiger partial charge in [0.25, 0.3) is 0 Å². The maximum atomic E-state index is 5.99. The predicted octanol–water partition coefficient (Wildman–Crippen LogP) is 1.75. The third kappa shape index (κ3) is 4.73. The van der Waals surface area contributed by atoms with Crippen LogP contribution >= 0.6 is 0 Å². The molecule has 2 heteroatoms. The first-order valence-corrected chi connectivity index (χ1v) is 4.87. The van der Waals surface area contributed by atoms with Crippen LogP contribution in [0.1, 0.15) is 41.0 Å². The SMILES string of the molecule is CCC(C)NCC(N)C(C)(C)C. The van der Waals surface area contributed by atoms with Gasteiger partial charge in [-0.1, -0.05) is 27.7 Å². The summed E-state index contributed by atoms with van der Waals surface area (Å²) in [5.41, 5.74) is 6.20. The van der Waals surface area contributed by atoms with Gasteiger partial charge < -0.3 is 11.1 Å². The summed E-state index contributed by atoms with van der Waals surface area (Å²) in [6, 6.07) is 0.824. The Bertz CT molecular complexity index is 115. The van der Waals surface area contributed by atoms with E-state index in [1.807, 2.05) is 0 Å². The van der Waals surface area contributed by atoms with E-state index >= 15 is 0 Å². The van der Waals surface area contributed by atoms with Crippen molar-refractivity contribution in [2.75, 3.05) is 6.54 Å². The Labute approximate surface area is 76.9 Å². The summed E-state index contributed by atoms with van der Waals surface area (Å²) in [5, 5.41) is 3.41. The number of hydrogen-bond donors (Lipinski definition) is 2. The van der Waals surface area contributed by atoms with Crippen LogP contribution in [0.3, 0.4) is 0 Å². The fraction of sp³-hybridized carbons (Fsp3) is 1.00. The molecule has 0 rings (SSSR count). The first-order valence-electron chi connectivity index (χ1n) is 4.87. The lowest BCUT2D eigenvalue weighted by molar-refractivity contribution is 0.301. The molecule has 0 spiro atoms. The molecular formula is C10H24N2. The molecule has 2 nitrogen and oxygen atoms in total. The standard InChI is InChI=1S/C10H24N2/c1-6-8(2)12-7-9(11)10(3,4)5/h8-9,12H,6-7,11H2,1-5H3. The maximum absolute atomic E-state index is 5.99. The quantitative estimate of drug-likeness (QED) is 0.678. The van der Waals surface area contributed by atoms with E-state index in [-0.39, 0.29) is 11.5 Å². The normalized spacial score (nSPS) is 17.5. The zero-order valence-corrected chi connectivity index (χ0v) is 9.15. The van der Waals surface area contributed by atoms with Crippen LogP contribution in [0.5, 0.6) is 0 Å². The van der Waals surface area contributed by atoms with Crippen LogP contribution < -0.4 is 11.1 Å². The van der Waals surface area contributed by atoms with E-state index in [4.69, 9.17) is 5.73 Å². The Kier molecular flexibility index (Phi) is 4.80. The summed E-state index contributed by atoms with van der Waals surface area (Å²) in [4.78, 5) is 0. The molecule has 0 heterocycles. The molecule has 12 heavy (non-hydrogen) atoms. The van der Waals surface area contributed by atoms with Crippen molar-refractivity contribution in [2.24, 2.45) is 11.1 Å². The number of nitrogens with two attached hydrogens (primary N) is 1. The topological polar surface area (TPSA) is 38.0 Å². The first-order chi connectivity index (χ1) is 5.38. The molecule has 74 valence electrons. The smallest absolute Gasteiger partial charge is 0.0214 e. The molecule has 0 saturated heterocycles. The molecule has 0 fully saturated rings. The van der Waals surface area contributed by atoms with E-state index in [9.17, 15) is 0 Å². The molecule has 0 aliphatic rings. The fourth-order valence-corrected chi connectivity index (χ4v) is 0.779. The van der Waals surface area contributed by atoms with Gasteiger partial charge in [-0.3, -0.25) is 0 Å². The summed E-state index contributed by atoms with van der Waals surface area (Å²) >= 11 is 0. The average molecular weight is 172 g/mol. The van der Waals surface area contributed by atoms with Gasteiger partial charge in [-0.15, -0.1) is 0 Å². The number of hydrogen-bond acceptors (Lipinski definition) is 2. The summed E-state index contributed by atoms with van der Waals surface area (Å²) in [5.74, 6) is 0. The monoisotopic (exact) mass is 172 g/mol. The van der Waals surface area contributed by atoms with Crippen molar-refractivity contribution in [1.29, 1.82) is 0 Å². The van der Waals surface area contributed by atoms with Crippen LogP contribution in [0, 0.1) is 5.41 Å². The summed E-state index contributed by atoms with van der Waals surface area (Å²) in [6.07, 6.45) is 1.16. The maximum Gasteiger partial charge on any atom is 0.0214 e. The molecule has 2 unspecified atom stereocenters. The van der Waals surface area contributed by atoms with Crippen LogP contribution in [-0.2, 0) is 0 Å². The zero-order chi connectivity index (χ0) is 9.78. The van der Waals surface area contributed by atoms with Gasteiger partial charge in [-0.05, 0) is 18.8 Å². The van der Waals surface area contributed by atoms with Gasteiger partial charge in [0, 0.05) is 18.6 Å². The molecule has 0 aromatic carbocycles. The van der Waals surface area contributed by atoms with Gasteiger partial charge in [0.2, 0.25) is 0 Å². The van der Waals surface area contributed by atoms with Crippen LogP contribution in [0.4, 0.5) is 0 Å². The second-order valence-electron chi connectivity index (χ2n) is 4.69. The second kappa shape index (κ2) is 4.83. The van der Waals surface area contributed by atoms with Crippen LogP contribution in [-0.4, -0.2) is 18.6 Å². The molecule has 0 aliphatic heterocycles. The molecule has 0 bridgehead atoms. The van der Waals surface area contributed by atoms with Crippen molar-refractivity contribution < 1.29 is 0 Å². The van der Waals surface area contributed by atoms with E-state index in [2.05, 4.69) is 39.9 Å². The van der Waals surface area contributed by atoms with E-state index < -0.39 is 0 Å². The Balaban J connectivity index is 3.64. The fourth-order valence-electron chi connectivity index (χ4n) is 0.779. The molecule has 0 aromatic heterocycles. The van der Waals surface area contributed by atoms with Crippen molar-refractivity contribution >= 4 is 0 Å². The van der Waals surface area contributed by atoms with Gasteiger partial charge in [0.15, 0.2) is 0 Å². The third-order valence-corrected chi connectivity index (χ3v) is 2.41. The van der Waals surface area contributed by atoms with Crippen LogP contribution in [0.15, 0.2) is 0 Å². The molecule has 0 amide bonds. The minimum absolute atomic E-state index is 0.209. The Morgan fingerprint density at radius 2 is 1.83 bits per heavy atom. The van der Waals surface area contributed by atoms with Crippen molar-refractivity contribution in [3.8, 4) is 0 Å². The Hall–Kier alpha value is -0.0800. The third-order valence-electron chi connectivity index (χ3n) is 2.41. The molecule has 0 saturated carbocycles. The highest BCUT2D eigenvalue weighted by molar-refractivity contribution is 4.79. The van der Waals surface area contributed by atoms with Gasteiger partial charge in [-0.2, -0.15) is 0 Å². The number of nitrogens with one attached hydrogen (secondary N) is 1. The van der Waals surface area contributed by atoms with E-state index in [0.717, 1.165) is 13.0 Å². The minimum Gasteiger partial charge on any atom is -0.326 e. The average Bonchev–Trinajstić information content (AvgIpc) is 1.97. The van der Waals surface area contributed by atoms with Gasteiger partial charge in [-0.25, -0.2) is 0 Å². The van der Waals surface area contributed by atoms with E-state index in [1.54, 1.807) is 0 Å². The van der Waals surface area contributed by atoms with Crippen LogP contribution in [0.2, 0.25) is 0 Å². The summed E-state index contributed by atoms with van der Waals surface area (Å²) in [6.45, 7) is 11.8. The second-order valence-corrected chi connectivity index (χ2v) is 4.69. The van der Waals surface area contributed by atoms with Gasteiger partial charge >= 0.3 is 0 Å². The largest absolute Gasteiger partial charge is 0.326 e. The lowest BCUT2D eigenvalue weighted by atomic mass is 9.87. The van der Waals surface area contributed by atoms with Crippen molar-refractivity contribution in [2.45, 2.75) is 53.1 Å².